The normalized spacial score (nSPS) is 10.3. The van der Waals surface area contributed by atoms with Crippen molar-refractivity contribution in [2.45, 2.75) is 33.2 Å². The Kier molecular flexibility index (Phi) is 4.47. The number of unbranched alkanes of at least 4 members (excludes halogenated alkanes) is 1. The third-order valence-electron chi connectivity index (χ3n) is 1.99. The number of hydrogen-bond acceptors (Lipinski definition) is 2. The molecule has 0 aromatic carbocycles. The van der Waals surface area contributed by atoms with Gasteiger partial charge < -0.3 is 5.32 Å². The van der Waals surface area contributed by atoms with Crippen LogP contribution in [0.2, 0.25) is 0 Å². The monoisotopic (exact) mass is 178 g/mol. The maximum Gasteiger partial charge on any atom is 0.0544 e. The van der Waals surface area contributed by atoms with Crippen molar-refractivity contribution in [2.75, 3.05) is 6.54 Å². The smallest absolute Gasteiger partial charge is 0.0544 e. The van der Waals surface area contributed by atoms with Crippen LogP contribution in [0.5, 0.6) is 0 Å². The van der Waals surface area contributed by atoms with E-state index in [0.29, 0.717) is 0 Å². The van der Waals surface area contributed by atoms with E-state index in [1.165, 1.54) is 18.4 Å². The molecule has 0 aliphatic carbocycles. The van der Waals surface area contributed by atoms with Crippen LogP contribution < -0.4 is 5.32 Å². The number of nitrogens with one attached hydrogen (secondary N) is 1. The van der Waals surface area contributed by atoms with Gasteiger partial charge in [-0.25, -0.2) is 0 Å². The Bertz CT molecular complexity index is 246. The molecule has 72 valence electrons. The largest absolute Gasteiger partial charge is 0.311 e. The predicted molar refractivity (Wildman–Crippen MR) is 55.6 cm³/mol. The van der Waals surface area contributed by atoms with E-state index in [-0.39, 0.29) is 0 Å². The maximum absolute atomic E-state index is 4.27. The van der Waals surface area contributed by atoms with Gasteiger partial charge in [0, 0.05) is 12.7 Å². The van der Waals surface area contributed by atoms with Crippen LogP contribution in [-0.4, -0.2) is 11.5 Å². The van der Waals surface area contributed by atoms with E-state index < -0.39 is 0 Å². The fraction of sp³-hybridized carbons (Fsp3) is 0.545. The lowest BCUT2D eigenvalue weighted by Crippen LogP contribution is -2.15. The third kappa shape index (κ3) is 4.04. The Morgan fingerprint density at radius 1 is 1.46 bits per heavy atom. The van der Waals surface area contributed by atoms with Gasteiger partial charge in [-0.05, 0) is 37.6 Å². The van der Waals surface area contributed by atoms with Crippen LogP contribution in [0.3, 0.4) is 0 Å². The molecule has 0 bridgehead atoms. The van der Waals surface area contributed by atoms with Gasteiger partial charge >= 0.3 is 0 Å². The Hall–Kier alpha value is -0.890. The molecule has 1 aromatic rings. The molecule has 0 amide bonds. The summed E-state index contributed by atoms with van der Waals surface area (Å²) in [5, 5.41) is 3.37. The summed E-state index contributed by atoms with van der Waals surface area (Å²) >= 11 is 0. The van der Waals surface area contributed by atoms with Gasteiger partial charge in [0.25, 0.3) is 0 Å². The highest BCUT2D eigenvalue weighted by molar-refractivity contribution is 5.14. The second-order valence-corrected chi connectivity index (χ2v) is 3.35. The molecule has 0 unspecified atom stereocenters. The Morgan fingerprint density at radius 2 is 2.31 bits per heavy atom. The topological polar surface area (TPSA) is 24.9 Å². The first-order chi connectivity index (χ1) is 6.33. The van der Waals surface area contributed by atoms with Crippen LogP contribution in [0.25, 0.3) is 0 Å². The standard InChI is InChI=1S/C11H18N2/c1-3-4-6-12-9-11-8-10(2)5-7-13-11/h5,7-8,12H,3-4,6,9H2,1-2H3. The van der Waals surface area contributed by atoms with Crippen molar-refractivity contribution in [2.24, 2.45) is 0 Å². The van der Waals surface area contributed by atoms with Crippen LogP contribution in [0, 0.1) is 6.92 Å². The van der Waals surface area contributed by atoms with E-state index in [2.05, 4.69) is 30.2 Å². The van der Waals surface area contributed by atoms with Crippen LogP contribution in [-0.2, 0) is 6.54 Å². The SMILES string of the molecule is CCCCNCc1cc(C)ccn1. The quantitative estimate of drug-likeness (QED) is 0.700. The average molecular weight is 178 g/mol. The molecular formula is C11H18N2. The predicted octanol–water partition coefficient (Wildman–Crippen LogP) is 2.28. The molecule has 0 atom stereocenters. The second-order valence-electron chi connectivity index (χ2n) is 3.35. The van der Waals surface area contributed by atoms with Crippen LogP contribution in [0.4, 0.5) is 0 Å². The minimum atomic E-state index is 0.891. The molecule has 0 saturated heterocycles. The van der Waals surface area contributed by atoms with Gasteiger partial charge in [0.1, 0.15) is 0 Å². The number of nitrogens with zero attached hydrogens (tertiary/aromatic N) is 1. The van der Waals surface area contributed by atoms with Crippen molar-refractivity contribution in [3.63, 3.8) is 0 Å². The summed E-state index contributed by atoms with van der Waals surface area (Å²) in [5.74, 6) is 0. The van der Waals surface area contributed by atoms with E-state index >= 15 is 0 Å². The van der Waals surface area contributed by atoms with Crippen molar-refractivity contribution < 1.29 is 0 Å². The third-order valence-corrected chi connectivity index (χ3v) is 1.99. The first kappa shape index (κ1) is 10.2. The van der Waals surface area contributed by atoms with Crippen LogP contribution >= 0.6 is 0 Å². The van der Waals surface area contributed by atoms with Crippen LogP contribution in [0.1, 0.15) is 31.0 Å². The molecule has 1 rings (SSSR count). The van der Waals surface area contributed by atoms with Crippen molar-refractivity contribution in [3.05, 3.63) is 29.6 Å². The van der Waals surface area contributed by atoms with Crippen molar-refractivity contribution >= 4 is 0 Å². The number of aryl methyl sites for hydroxylation is 1. The molecule has 13 heavy (non-hydrogen) atoms. The molecule has 0 aliphatic rings. The summed E-state index contributed by atoms with van der Waals surface area (Å²) in [6.07, 6.45) is 4.35. The van der Waals surface area contributed by atoms with Crippen molar-refractivity contribution in [1.82, 2.24) is 10.3 Å². The molecule has 2 heteroatoms. The molecule has 0 spiro atoms. The van der Waals surface area contributed by atoms with Gasteiger partial charge in [-0.3, -0.25) is 4.98 Å². The number of rotatable bonds is 5. The molecule has 0 aliphatic heterocycles. The summed E-state index contributed by atoms with van der Waals surface area (Å²) in [5.41, 5.74) is 2.42. The van der Waals surface area contributed by atoms with Gasteiger partial charge in [-0.2, -0.15) is 0 Å². The lowest BCUT2D eigenvalue weighted by atomic mass is 10.2. The lowest BCUT2D eigenvalue weighted by molar-refractivity contribution is 0.633. The molecule has 2 nitrogen and oxygen atoms in total. The van der Waals surface area contributed by atoms with E-state index in [4.69, 9.17) is 0 Å². The average Bonchev–Trinajstić information content (AvgIpc) is 2.13. The highest BCUT2D eigenvalue weighted by atomic mass is 14.9. The fourth-order valence-electron chi connectivity index (χ4n) is 1.21. The number of hydrogen-bond donors (Lipinski definition) is 1. The summed E-state index contributed by atoms with van der Waals surface area (Å²) < 4.78 is 0. The minimum Gasteiger partial charge on any atom is -0.311 e. The maximum atomic E-state index is 4.27. The number of aromatic nitrogens is 1. The molecular weight excluding hydrogens is 160 g/mol. The van der Waals surface area contributed by atoms with Crippen molar-refractivity contribution in [3.8, 4) is 0 Å². The van der Waals surface area contributed by atoms with E-state index in [1.807, 2.05) is 12.3 Å². The molecule has 1 N–H and O–H groups in total. The summed E-state index contributed by atoms with van der Waals surface area (Å²) in [4.78, 5) is 4.27. The first-order valence-corrected chi connectivity index (χ1v) is 4.95. The zero-order chi connectivity index (χ0) is 9.52. The Balaban J connectivity index is 2.28. The summed E-state index contributed by atoms with van der Waals surface area (Å²) in [7, 11) is 0. The van der Waals surface area contributed by atoms with Gasteiger partial charge in [-0.1, -0.05) is 13.3 Å². The summed E-state index contributed by atoms with van der Waals surface area (Å²) in [6, 6.07) is 4.15. The zero-order valence-corrected chi connectivity index (χ0v) is 8.51. The number of pyridine rings is 1. The van der Waals surface area contributed by atoms with Crippen molar-refractivity contribution in [1.29, 1.82) is 0 Å². The molecule has 0 fully saturated rings. The molecule has 1 aromatic heterocycles. The van der Waals surface area contributed by atoms with E-state index in [9.17, 15) is 0 Å². The highest BCUT2D eigenvalue weighted by Gasteiger charge is 1.93. The minimum absolute atomic E-state index is 0.891. The van der Waals surface area contributed by atoms with E-state index in [0.717, 1.165) is 18.8 Å². The summed E-state index contributed by atoms with van der Waals surface area (Å²) in [6.45, 7) is 6.28. The highest BCUT2D eigenvalue weighted by Crippen LogP contribution is 1.99. The molecule has 0 saturated carbocycles. The second kappa shape index (κ2) is 5.70. The first-order valence-electron chi connectivity index (χ1n) is 4.95. The van der Waals surface area contributed by atoms with Crippen LogP contribution in [0.15, 0.2) is 18.3 Å². The fourth-order valence-corrected chi connectivity index (χ4v) is 1.21. The van der Waals surface area contributed by atoms with Gasteiger partial charge in [0.15, 0.2) is 0 Å². The van der Waals surface area contributed by atoms with E-state index in [1.54, 1.807) is 0 Å². The van der Waals surface area contributed by atoms with Gasteiger partial charge in [0.2, 0.25) is 0 Å². The lowest BCUT2D eigenvalue weighted by Gasteiger charge is -2.03. The molecule has 1 heterocycles. The van der Waals surface area contributed by atoms with Gasteiger partial charge in [0.05, 0.1) is 5.69 Å². The molecule has 0 radical (unpaired) electrons. The van der Waals surface area contributed by atoms with Gasteiger partial charge in [-0.15, -0.1) is 0 Å². The Labute approximate surface area is 80.4 Å². The Morgan fingerprint density at radius 3 is 3.00 bits per heavy atom. The zero-order valence-electron chi connectivity index (χ0n) is 8.51.